The van der Waals surface area contributed by atoms with Gasteiger partial charge in [-0.1, -0.05) is 33.1 Å². The molecule has 0 N–H and O–H groups in total. The number of rotatable bonds is 9. The summed E-state index contributed by atoms with van der Waals surface area (Å²) in [6, 6.07) is 0. The van der Waals surface area contributed by atoms with E-state index in [1.54, 1.807) is 13.8 Å². The van der Waals surface area contributed by atoms with Gasteiger partial charge in [0.25, 0.3) is 0 Å². The Hall–Kier alpha value is -1.32. The highest BCUT2D eigenvalue weighted by atomic mass is 16.5. The van der Waals surface area contributed by atoms with Crippen molar-refractivity contribution < 1.29 is 19.1 Å². The minimum Gasteiger partial charge on any atom is -0.462 e. The van der Waals surface area contributed by atoms with Crippen LogP contribution in [-0.4, -0.2) is 24.6 Å². The van der Waals surface area contributed by atoms with Crippen LogP contribution >= 0.6 is 0 Å². The van der Waals surface area contributed by atoms with Gasteiger partial charge in [0.15, 0.2) is 0 Å². The first kappa shape index (κ1) is 17.7. The Morgan fingerprint density at radius 3 is 2.26 bits per heavy atom. The van der Waals surface area contributed by atoms with Gasteiger partial charge in [-0.2, -0.15) is 0 Å². The number of esters is 2. The lowest BCUT2D eigenvalue weighted by Crippen LogP contribution is -2.13. The van der Waals surface area contributed by atoms with Crippen molar-refractivity contribution in [1.29, 1.82) is 0 Å². The Bertz CT molecular complexity index is 295. The number of unbranched alkanes of at least 4 members (excludes halogenated alkanes) is 1. The molecule has 0 aromatic rings. The number of hydrogen-bond acceptors (Lipinski definition) is 4. The molecule has 4 nitrogen and oxygen atoms in total. The van der Waals surface area contributed by atoms with Gasteiger partial charge in [0.2, 0.25) is 0 Å². The summed E-state index contributed by atoms with van der Waals surface area (Å²) in [5.74, 6) is -0.611. The molecule has 1 atom stereocenters. The molecule has 0 aliphatic carbocycles. The van der Waals surface area contributed by atoms with Crippen molar-refractivity contribution in [2.75, 3.05) is 6.61 Å². The largest absolute Gasteiger partial charge is 0.462 e. The number of carbonyl (C=O) groups excluding carboxylic acids is 2. The van der Waals surface area contributed by atoms with Gasteiger partial charge in [-0.15, -0.1) is 0 Å². The predicted octanol–water partition coefficient (Wildman–Crippen LogP) is 3.25. The van der Waals surface area contributed by atoms with E-state index in [1.807, 2.05) is 0 Å². The molecule has 0 amide bonds. The molecular formula is C15H26O4. The van der Waals surface area contributed by atoms with Crippen LogP contribution < -0.4 is 0 Å². The lowest BCUT2D eigenvalue weighted by molar-refractivity contribution is -0.143. The van der Waals surface area contributed by atoms with Crippen molar-refractivity contribution >= 4 is 11.9 Å². The molecule has 0 aromatic heterocycles. The van der Waals surface area contributed by atoms with E-state index < -0.39 is 11.9 Å². The Balaban J connectivity index is 3.96. The van der Waals surface area contributed by atoms with E-state index in [4.69, 9.17) is 9.47 Å². The molecule has 4 heteroatoms. The number of ether oxygens (including phenoxy) is 2. The summed E-state index contributed by atoms with van der Waals surface area (Å²) < 4.78 is 9.98. The fourth-order valence-corrected chi connectivity index (χ4v) is 1.55. The first-order valence-electron chi connectivity index (χ1n) is 7.05. The molecule has 110 valence electrons. The normalized spacial score (nSPS) is 12.7. The minimum atomic E-state index is -0.523. The number of carbonyl (C=O) groups is 2. The van der Waals surface area contributed by atoms with Crippen LogP contribution in [0.15, 0.2) is 12.2 Å². The van der Waals surface area contributed by atoms with E-state index in [-0.39, 0.29) is 6.10 Å². The smallest absolute Gasteiger partial charge is 0.331 e. The Morgan fingerprint density at radius 2 is 1.74 bits per heavy atom. The van der Waals surface area contributed by atoms with Crippen molar-refractivity contribution in [2.45, 2.75) is 59.5 Å². The maximum atomic E-state index is 11.4. The van der Waals surface area contributed by atoms with E-state index in [9.17, 15) is 9.59 Å². The summed E-state index contributed by atoms with van der Waals surface area (Å²) in [6.07, 6.45) is 6.39. The standard InChI is InChI=1S/C15H26O4/c1-5-7-8-13(6-2)11-18-14(16)9-10-15(17)19-12(3)4/h9-10,12-13H,5-8,11H2,1-4H3/b10-9-. The Kier molecular flexibility index (Phi) is 9.85. The van der Waals surface area contributed by atoms with E-state index in [1.165, 1.54) is 0 Å². The fourth-order valence-electron chi connectivity index (χ4n) is 1.55. The van der Waals surface area contributed by atoms with E-state index >= 15 is 0 Å². The van der Waals surface area contributed by atoms with Gasteiger partial charge in [0.1, 0.15) is 0 Å². The lowest BCUT2D eigenvalue weighted by Gasteiger charge is -2.13. The van der Waals surface area contributed by atoms with Crippen LogP contribution in [0.5, 0.6) is 0 Å². The summed E-state index contributed by atoms with van der Waals surface area (Å²) in [5.41, 5.74) is 0. The summed E-state index contributed by atoms with van der Waals surface area (Å²) in [4.78, 5) is 22.6. The van der Waals surface area contributed by atoms with Gasteiger partial charge in [-0.05, 0) is 26.2 Å². The van der Waals surface area contributed by atoms with E-state index in [0.717, 1.165) is 37.8 Å². The zero-order chi connectivity index (χ0) is 14.7. The van der Waals surface area contributed by atoms with Crippen LogP contribution in [0.1, 0.15) is 53.4 Å². The summed E-state index contributed by atoms with van der Waals surface area (Å²) in [7, 11) is 0. The highest BCUT2D eigenvalue weighted by molar-refractivity contribution is 5.91. The average molecular weight is 270 g/mol. The maximum absolute atomic E-state index is 11.4. The molecule has 0 bridgehead atoms. The second-order valence-corrected chi connectivity index (χ2v) is 4.87. The van der Waals surface area contributed by atoms with Gasteiger partial charge < -0.3 is 9.47 Å². The second-order valence-electron chi connectivity index (χ2n) is 4.87. The van der Waals surface area contributed by atoms with Crippen LogP contribution in [0.25, 0.3) is 0 Å². The first-order valence-corrected chi connectivity index (χ1v) is 7.05. The van der Waals surface area contributed by atoms with Gasteiger partial charge in [0, 0.05) is 12.2 Å². The van der Waals surface area contributed by atoms with Gasteiger partial charge in [-0.25, -0.2) is 9.59 Å². The molecule has 1 unspecified atom stereocenters. The van der Waals surface area contributed by atoms with Crippen molar-refractivity contribution in [1.82, 2.24) is 0 Å². The molecule has 0 aromatic carbocycles. The first-order chi connectivity index (χ1) is 8.99. The Morgan fingerprint density at radius 1 is 1.11 bits per heavy atom. The SMILES string of the molecule is CCCCC(CC)COC(=O)/C=C\C(=O)OC(C)C. The molecule has 0 aliphatic heterocycles. The topological polar surface area (TPSA) is 52.6 Å². The minimum absolute atomic E-state index is 0.188. The molecule has 19 heavy (non-hydrogen) atoms. The van der Waals surface area contributed by atoms with Crippen molar-refractivity contribution in [3.63, 3.8) is 0 Å². The molecule has 0 heterocycles. The summed E-state index contributed by atoms with van der Waals surface area (Å²) >= 11 is 0. The molecule has 0 saturated carbocycles. The molecule has 0 aliphatic rings. The molecule has 0 spiro atoms. The summed E-state index contributed by atoms with van der Waals surface area (Å²) in [6.45, 7) is 8.15. The van der Waals surface area contributed by atoms with Crippen LogP contribution in [-0.2, 0) is 19.1 Å². The highest BCUT2D eigenvalue weighted by Crippen LogP contribution is 2.12. The third-order valence-corrected chi connectivity index (χ3v) is 2.71. The predicted molar refractivity (Wildman–Crippen MR) is 74.6 cm³/mol. The van der Waals surface area contributed by atoms with Crippen LogP contribution in [0, 0.1) is 5.92 Å². The van der Waals surface area contributed by atoms with Gasteiger partial charge >= 0.3 is 11.9 Å². The zero-order valence-corrected chi connectivity index (χ0v) is 12.5. The third-order valence-electron chi connectivity index (χ3n) is 2.71. The van der Waals surface area contributed by atoms with E-state index in [2.05, 4.69) is 13.8 Å². The molecule has 0 fully saturated rings. The van der Waals surface area contributed by atoms with Gasteiger partial charge in [-0.3, -0.25) is 0 Å². The lowest BCUT2D eigenvalue weighted by atomic mass is 10.0. The Labute approximate surface area is 116 Å². The third kappa shape index (κ3) is 10.3. The van der Waals surface area contributed by atoms with Crippen molar-refractivity contribution in [3.8, 4) is 0 Å². The quantitative estimate of drug-likeness (QED) is 0.476. The summed E-state index contributed by atoms with van der Waals surface area (Å²) in [5, 5.41) is 0. The van der Waals surface area contributed by atoms with Gasteiger partial charge in [0.05, 0.1) is 12.7 Å². The zero-order valence-electron chi connectivity index (χ0n) is 12.5. The van der Waals surface area contributed by atoms with Crippen molar-refractivity contribution in [2.24, 2.45) is 5.92 Å². The number of hydrogen-bond donors (Lipinski definition) is 0. The van der Waals surface area contributed by atoms with Crippen LogP contribution in [0.4, 0.5) is 0 Å². The van der Waals surface area contributed by atoms with Crippen LogP contribution in [0.2, 0.25) is 0 Å². The highest BCUT2D eigenvalue weighted by Gasteiger charge is 2.09. The molecule has 0 rings (SSSR count). The monoisotopic (exact) mass is 270 g/mol. The van der Waals surface area contributed by atoms with E-state index in [0.29, 0.717) is 12.5 Å². The van der Waals surface area contributed by atoms with Crippen molar-refractivity contribution in [3.05, 3.63) is 12.2 Å². The molecule has 0 radical (unpaired) electrons. The maximum Gasteiger partial charge on any atom is 0.331 e. The fraction of sp³-hybridized carbons (Fsp3) is 0.733. The molecular weight excluding hydrogens is 244 g/mol. The average Bonchev–Trinajstić information content (AvgIpc) is 2.35. The second kappa shape index (κ2) is 10.6. The van der Waals surface area contributed by atoms with Crippen LogP contribution in [0.3, 0.4) is 0 Å². The molecule has 0 saturated heterocycles.